The summed E-state index contributed by atoms with van der Waals surface area (Å²) >= 11 is 0. The lowest BCUT2D eigenvalue weighted by Gasteiger charge is -2.15. The normalized spacial score (nSPS) is 23.0. The van der Waals surface area contributed by atoms with Gasteiger partial charge in [0, 0.05) is 38.4 Å². The van der Waals surface area contributed by atoms with Crippen LogP contribution < -0.4 is 10.6 Å². The van der Waals surface area contributed by atoms with Crippen molar-refractivity contribution in [2.45, 2.75) is 32.4 Å². The number of aliphatic hydroxyl groups excluding tert-OH is 1. The topological polar surface area (TPSA) is 74.5 Å². The first-order chi connectivity index (χ1) is 8.92. The molecular formula is C13H23N5O. The zero-order valence-corrected chi connectivity index (χ0v) is 12.0. The second-order valence-corrected chi connectivity index (χ2v) is 5.81. The van der Waals surface area contributed by atoms with Crippen LogP contribution in [0.2, 0.25) is 0 Å². The van der Waals surface area contributed by atoms with Gasteiger partial charge in [-0.25, -0.2) is 0 Å². The van der Waals surface area contributed by atoms with Crippen molar-refractivity contribution >= 4 is 5.96 Å². The third-order valence-electron chi connectivity index (χ3n) is 3.62. The van der Waals surface area contributed by atoms with Crippen molar-refractivity contribution in [2.24, 2.45) is 17.5 Å². The number of rotatable bonds is 4. The number of aliphatic hydroxyl groups is 1. The van der Waals surface area contributed by atoms with Gasteiger partial charge in [0.15, 0.2) is 5.96 Å². The molecule has 0 spiro atoms. The average molecular weight is 265 g/mol. The summed E-state index contributed by atoms with van der Waals surface area (Å²) in [4.78, 5) is 4.17. The molecule has 106 valence electrons. The summed E-state index contributed by atoms with van der Waals surface area (Å²) in [6.07, 6.45) is 4.05. The molecule has 0 amide bonds. The Morgan fingerprint density at radius 3 is 2.84 bits per heavy atom. The molecule has 2 unspecified atom stereocenters. The number of guanidine groups is 1. The van der Waals surface area contributed by atoms with Crippen LogP contribution in [0.5, 0.6) is 0 Å². The Kier molecular flexibility index (Phi) is 3.80. The number of aromatic nitrogens is 2. The van der Waals surface area contributed by atoms with E-state index in [0.29, 0.717) is 18.0 Å². The highest BCUT2D eigenvalue weighted by atomic mass is 16.3. The zero-order valence-electron chi connectivity index (χ0n) is 12.0. The van der Waals surface area contributed by atoms with Gasteiger partial charge in [0.1, 0.15) is 0 Å². The predicted molar refractivity (Wildman–Crippen MR) is 74.9 cm³/mol. The molecule has 0 aliphatic heterocycles. The van der Waals surface area contributed by atoms with Crippen molar-refractivity contribution < 1.29 is 5.11 Å². The van der Waals surface area contributed by atoms with E-state index in [1.165, 1.54) is 0 Å². The lowest BCUT2D eigenvalue weighted by Crippen LogP contribution is -2.41. The van der Waals surface area contributed by atoms with E-state index in [-0.39, 0.29) is 0 Å². The van der Waals surface area contributed by atoms with Crippen molar-refractivity contribution in [3.63, 3.8) is 0 Å². The summed E-state index contributed by atoms with van der Waals surface area (Å²) in [5.41, 5.74) is 1.15. The van der Waals surface area contributed by atoms with Gasteiger partial charge in [0.05, 0.1) is 12.3 Å². The van der Waals surface area contributed by atoms with Gasteiger partial charge in [0.2, 0.25) is 0 Å². The van der Waals surface area contributed by atoms with Gasteiger partial charge in [-0.05, 0) is 11.8 Å². The van der Waals surface area contributed by atoms with Crippen molar-refractivity contribution in [3.05, 3.63) is 18.0 Å². The number of hydrogen-bond acceptors (Lipinski definition) is 3. The van der Waals surface area contributed by atoms with Gasteiger partial charge in [-0.15, -0.1) is 0 Å². The third-order valence-corrected chi connectivity index (χ3v) is 3.62. The molecule has 0 saturated heterocycles. The Morgan fingerprint density at radius 1 is 1.68 bits per heavy atom. The highest BCUT2D eigenvalue weighted by Crippen LogP contribution is 2.44. The van der Waals surface area contributed by atoms with Gasteiger partial charge in [-0.1, -0.05) is 13.8 Å². The first-order valence-electron chi connectivity index (χ1n) is 6.56. The van der Waals surface area contributed by atoms with Crippen molar-refractivity contribution in [3.8, 4) is 0 Å². The fraction of sp³-hybridized carbons (Fsp3) is 0.692. The third kappa shape index (κ3) is 3.47. The number of aliphatic imine (C=N–C) groups is 1. The summed E-state index contributed by atoms with van der Waals surface area (Å²) in [6.45, 7) is 4.86. The van der Waals surface area contributed by atoms with Crippen LogP contribution in [0.25, 0.3) is 0 Å². The number of hydrogen-bond donors (Lipinski definition) is 3. The van der Waals surface area contributed by atoms with E-state index in [4.69, 9.17) is 0 Å². The van der Waals surface area contributed by atoms with Crippen LogP contribution in [-0.4, -0.2) is 40.5 Å². The average Bonchev–Trinajstić information content (AvgIpc) is 2.75. The fourth-order valence-electron chi connectivity index (χ4n) is 2.00. The monoisotopic (exact) mass is 265 g/mol. The second kappa shape index (κ2) is 5.21. The van der Waals surface area contributed by atoms with Crippen LogP contribution in [0, 0.1) is 5.41 Å². The Bertz CT molecular complexity index is 465. The van der Waals surface area contributed by atoms with Crippen LogP contribution in [0.3, 0.4) is 0 Å². The smallest absolute Gasteiger partial charge is 0.191 e. The minimum Gasteiger partial charge on any atom is -0.386 e. The van der Waals surface area contributed by atoms with E-state index in [0.717, 1.165) is 17.9 Å². The molecule has 2 rings (SSSR count). The Hall–Kier alpha value is -1.56. The minimum absolute atomic E-state index is 0.347. The first kappa shape index (κ1) is 13.9. The number of nitrogens with zero attached hydrogens (tertiary/aromatic N) is 3. The van der Waals surface area contributed by atoms with E-state index in [2.05, 4.69) is 34.6 Å². The number of aryl methyl sites for hydroxylation is 1. The maximum atomic E-state index is 10.0. The Labute approximate surface area is 113 Å². The SMILES string of the molecule is CN=C(NCC(O)c1cnn(C)c1)NC1CC1(C)C. The van der Waals surface area contributed by atoms with Gasteiger partial charge in [-0.3, -0.25) is 9.67 Å². The van der Waals surface area contributed by atoms with Crippen molar-refractivity contribution in [1.29, 1.82) is 0 Å². The van der Waals surface area contributed by atoms with E-state index in [9.17, 15) is 5.11 Å². The summed E-state index contributed by atoms with van der Waals surface area (Å²) in [6, 6.07) is 0.467. The van der Waals surface area contributed by atoms with Gasteiger partial charge >= 0.3 is 0 Å². The van der Waals surface area contributed by atoms with Crippen LogP contribution in [0.1, 0.15) is 31.9 Å². The highest BCUT2D eigenvalue weighted by Gasteiger charge is 2.46. The molecule has 3 N–H and O–H groups in total. The van der Waals surface area contributed by atoms with Crippen LogP contribution in [0.4, 0.5) is 0 Å². The second-order valence-electron chi connectivity index (χ2n) is 5.81. The molecule has 0 bridgehead atoms. The highest BCUT2D eigenvalue weighted by molar-refractivity contribution is 5.80. The van der Waals surface area contributed by atoms with Crippen LogP contribution in [-0.2, 0) is 7.05 Å². The summed E-state index contributed by atoms with van der Waals surface area (Å²) < 4.78 is 1.68. The summed E-state index contributed by atoms with van der Waals surface area (Å²) in [5.74, 6) is 0.735. The molecule has 1 fully saturated rings. The molecule has 19 heavy (non-hydrogen) atoms. The molecule has 6 nitrogen and oxygen atoms in total. The summed E-state index contributed by atoms with van der Waals surface area (Å²) in [5, 5.41) is 20.6. The standard InChI is InChI=1S/C13H23N5O/c1-13(2)5-11(13)17-12(14-3)15-7-10(19)9-6-16-18(4)8-9/h6,8,10-11,19H,5,7H2,1-4H3,(H2,14,15,17). The van der Waals surface area contributed by atoms with Gasteiger partial charge < -0.3 is 15.7 Å². The van der Waals surface area contributed by atoms with Crippen LogP contribution >= 0.6 is 0 Å². The first-order valence-corrected chi connectivity index (χ1v) is 6.56. The molecule has 1 aromatic rings. The molecule has 1 saturated carbocycles. The summed E-state index contributed by atoms with van der Waals surface area (Å²) in [7, 11) is 3.57. The van der Waals surface area contributed by atoms with Crippen LogP contribution in [0.15, 0.2) is 17.4 Å². The molecule has 0 aromatic carbocycles. The molecule has 0 radical (unpaired) electrons. The van der Waals surface area contributed by atoms with E-state index in [1.807, 2.05) is 13.2 Å². The lowest BCUT2D eigenvalue weighted by molar-refractivity contribution is 0.180. The molecule has 1 aliphatic carbocycles. The maximum Gasteiger partial charge on any atom is 0.191 e. The molecule has 1 heterocycles. The quantitative estimate of drug-likeness (QED) is 0.545. The molecule has 6 heteroatoms. The predicted octanol–water partition coefficient (Wildman–Crippen LogP) is 0.417. The Morgan fingerprint density at radius 2 is 2.37 bits per heavy atom. The van der Waals surface area contributed by atoms with E-state index < -0.39 is 6.10 Å². The van der Waals surface area contributed by atoms with E-state index >= 15 is 0 Å². The molecule has 2 atom stereocenters. The molecule has 1 aliphatic rings. The Balaban J connectivity index is 1.80. The van der Waals surface area contributed by atoms with Gasteiger partial charge in [0.25, 0.3) is 0 Å². The van der Waals surface area contributed by atoms with E-state index in [1.54, 1.807) is 17.9 Å². The largest absolute Gasteiger partial charge is 0.386 e. The fourth-order valence-corrected chi connectivity index (χ4v) is 2.00. The van der Waals surface area contributed by atoms with Crippen molar-refractivity contribution in [2.75, 3.05) is 13.6 Å². The lowest BCUT2D eigenvalue weighted by atomic mass is 10.2. The van der Waals surface area contributed by atoms with Crippen molar-refractivity contribution in [1.82, 2.24) is 20.4 Å². The molecular weight excluding hydrogens is 242 g/mol. The maximum absolute atomic E-state index is 10.0. The molecule has 1 aromatic heterocycles. The van der Waals surface area contributed by atoms with Gasteiger partial charge in [-0.2, -0.15) is 5.10 Å². The minimum atomic E-state index is -0.584. The zero-order chi connectivity index (χ0) is 14.0. The number of nitrogens with one attached hydrogen (secondary N) is 2.